The van der Waals surface area contributed by atoms with Crippen LogP contribution in [0.1, 0.15) is 24.1 Å². The summed E-state index contributed by atoms with van der Waals surface area (Å²) >= 11 is 1.60. The molecule has 1 aromatic carbocycles. The Labute approximate surface area is 149 Å². The number of hydrogen-bond acceptors (Lipinski definition) is 5. The molecule has 128 valence electrons. The molecule has 1 saturated carbocycles. The number of carbonyl (C=O) groups is 1. The van der Waals surface area contributed by atoms with Gasteiger partial charge in [0, 0.05) is 10.9 Å². The van der Waals surface area contributed by atoms with Crippen LogP contribution in [0.15, 0.2) is 47.3 Å². The summed E-state index contributed by atoms with van der Waals surface area (Å²) in [5.74, 6) is 0.778. The third-order valence-corrected chi connectivity index (χ3v) is 5.22. The lowest BCUT2D eigenvalue weighted by Crippen LogP contribution is -2.34. The van der Waals surface area contributed by atoms with E-state index in [1.54, 1.807) is 23.1 Å². The first-order valence-electron chi connectivity index (χ1n) is 8.08. The lowest BCUT2D eigenvalue weighted by Gasteiger charge is -2.18. The summed E-state index contributed by atoms with van der Waals surface area (Å²) in [5, 5.41) is 15.2. The van der Waals surface area contributed by atoms with E-state index in [4.69, 9.17) is 4.74 Å². The molecule has 25 heavy (non-hydrogen) atoms. The van der Waals surface area contributed by atoms with Crippen molar-refractivity contribution < 1.29 is 9.53 Å². The number of nitrogens with one attached hydrogen (secondary N) is 1. The summed E-state index contributed by atoms with van der Waals surface area (Å²) in [5.41, 5.74) is 2.19. The highest BCUT2D eigenvalue weighted by Gasteiger charge is 2.52. The second kappa shape index (κ2) is 6.33. The average molecular weight is 354 g/mol. The summed E-state index contributed by atoms with van der Waals surface area (Å²) in [6, 6.07) is 9.70. The normalized spacial score (nSPS) is 14.9. The number of carbonyl (C=O) groups excluding carboxylic acids is 1. The van der Waals surface area contributed by atoms with Crippen LogP contribution in [0, 0.1) is 0 Å². The molecule has 1 N–H and O–H groups in total. The molecule has 0 atom stereocenters. The molecule has 0 aliphatic heterocycles. The van der Waals surface area contributed by atoms with Gasteiger partial charge in [0.15, 0.2) is 0 Å². The summed E-state index contributed by atoms with van der Waals surface area (Å²) in [6.07, 6.45) is 3.51. The molecule has 4 rings (SSSR count). The van der Waals surface area contributed by atoms with Crippen molar-refractivity contribution in [2.75, 3.05) is 7.11 Å². The molecule has 1 aliphatic rings. The van der Waals surface area contributed by atoms with E-state index < -0.39 is 5.41 Å². The molecule has 0 bridgehead atoms. The number of thiophene rings is 1. The monoisotopic (exact) mass is 354 g/mol. The fraction of sp³-hybridized carbons (Fsp3) is 0.278. The van der Waals surface area contributed by atoms with Gasteiger partial charge in [0.1, 0.15) is 11.4 Å². The minimum absolute atomic E-state index is 0.0158. The van der Waals surface area contributed by atoms with E-state index >= 15 is 0 Å². The first-order valence-corrected chi connectivity index (χ1v) is 9.03. The van der Waals surface area contributed by atoms with E-state index in [9.17, 15) is 4.79 Å². The molecule has 0 saturated heterocycles. The molecule has 0 radical (unpaired) electrons. The predicted octanol–water partition coefficient (Wildman–Crippen LogP) is 2.69. The second-order valence-corrected chi connectivity index (χ2v) is 6.88. The summed E-state index contributed by atoms with van der Waals surface area (Å²) in [6.45, 7) is 0.361. The largest absolute Gasteiger partial charge is 0.496 e. The van der Waals surface area contributed by atoms with E-state index in [0.29, 0.717) is 6.54 Å². The number of benzene rings is 1. The van der Waals surface area contributed by atoms with Crippen LogP contribution >= 0.6 is 11.3 Å². The van der Waals surface area contributed by atoms with Crippen molar-refractivity contribution in [3.05, 3.63) is 58.5 Å². The van der Waals surface area contributed by atoms with Gasteiger partial charge in [0.05, 0.1) is 31.0 Å². The van der Waals surface area contributed by atoms with Crippen molar-refractivity contribution in [2.45, 2.75) is 24.8 Å². The average Bonchev–Trinajstić information content (AvgIpc) is 3.06. The molecule has 1 aliphatic carbocycles. The van der Waals surface area contributed by atoms with E-state index in [2.05, 4.69) is 15.6 Å². The summed E-state index contributed by atoms with van der Waals surface area (Å²) < 4.78 is 7.14. The number of rotatable bonds is 6. The third kappa shape index (κ3) is 2.91. The Morgan fingerprint density at radius 2 is 2.20 bits per heavy atom. The van der Waals surface area contributed by atoms with E-state index in [1.807, 2.05) is 47.3 Å². The number of hydrogen-bond donors (Lipinski definition) is 1. The third-order valence-electron chi connectivity index (χ3n) is 4.55. The Hall–Kier alpha value is -2.67. The lowest BCUT2D eigenvalue weighted by molar-refractivity contribution is -0.123. The smallest absolute Gasteiger partial charge is 0.231 e. The van der Waals surface area contributed by atoms with Gasteiger partial charge < -0.3 is 10.1 Å². The maximum absolute atomic E-state index is 12.8. The minimum atomic E-state index is -0.476. The Morgan fingerprint density at radius 1 is 1.36 bits per heavy atom. The molecule has 2 heterocycles. The lowest BCUT2D eigenvalue weighted by atomic mass is 9.94. The maximum atomic E-state index is 12.8. The van der Waals surface area contributed by atoms with Gasteiger partial charge in [-0.05, 0) is 30.4 Å². The molecular formula is C18H18N4O2S. The van der Waals surface area contributed by atoms with Crippen molar-refractivity contribution in [1.82, 2.24) is 20.3 Å². The molecule has 6 nitrogen and oxygen atoms in total. The highest BCUT2D eigenvalue weighted by molar-refractivity contribution is 7.08. The fourth-order valence-corrected chi connectivity index (χ4v) is 3.64. The van der Waals surface area contributed by atoms with Crippen LogP contribution in [0.4, 0.5) is 0 Å². The van der Waals surface area contributed by atoms with E-state index in [-0.39, 0.29) is 5.91 Å². The van der Waals surface area contributed by atoms with Gasteiger partial charge in [0.2, 0.25) is 5.91 Å². The zero-order chi connectivity index (χ0) is 17.3. The Bertz CT molecular complexity index is 884. The minimum Gasteiger partial charge on any atom is -0.496 e. The van der Waals surface area contributed by atoms with Crippen molar-refractivity contribution >= 4 is 17.2 Å². The maximum Gasteiger partial charge on any atom is 0.231 e. The molecule has 1 amide bonds. The SMILES string of the molecule is COc1ccccc1C1(C(=O)NCc2cn(-c3ccsc3)nn2)CC1. The zero-order valence-electron chi connectivity index (χ0n) is 13.8. The first kappa shape index (κ1) is 15.8. The Kier molecular flexibility index (Phi) is 4.01. The van der Waals surface area contributed by atoms with Gasteiger partial charge in [0.25, 0.3) is 0 Å². The van der Waals surface area contributed by atoms with Crippen LogP contribution in [0.2, 0.25) is 0 Å². The van der Waals surface area contributed by atoms with Crippen LogP contribution in [-0.4, -0.2) is 28.0 Å². The standard InChI is InChI=1S/C18H18N4O2S/c1-24-16-5-3-2-4-15(16)18(7-8-18)17(23)19-10-13-11-22(21-20-13)14-6-9-25-12-14/h2-6,9,11-12H,7-8,10H2,1H3,(H,19,23). The van der Waals surface area contributed by atoms with Gasteiger partial charge in [-0.3, -0.25) is 4.79 Å². The number of para-hydroxylation sites is 1. The fourth-order valence-electron chi connectivity index (χ4n) is 3.02. The van der Waals surface area contributed by atoms with Crippen LogP contribution in [0.5, 0.6) is 5.75 Å². The molecular weight excluding hydrogens is 336 g/mol. The van der Waals surface area contributed by atoms with Gasteiger partial charge in [-0.15, -0.1) is 5.10 Å². The van der Waals surface area contributed by atoms with Gasteiger partial charge >= 0.3 is 0 Å². The molecule has 2 aromatic heterocycles. The molecule has 7 heteroatoms. The topological polar surface area (TPSA) is 69.0 Å². The van der Waals surface area contributed by atoms with Crippen LogP contribution < -0.4 is 10.1 Å². The Balaban J connectivity index is 1.46. The second-order valence-electron chi connectivity index (χ2n) is 6.10. The van der Waals surface area contributed by atoms with Crippen molar-refractivity contribution in [3.8, 4) is 11.4 Å². The number of methoxy groups -OCH3 is 1. The van der Waals surface area contributed by atoms with Crippen molar-refractivity contribution in [3.63, 3.8) is 0 Å². The van der Waals surface area contributed by atoms with Crippen molar-refractivity contribution in [1.29, 1.82) is 0 Å². The summed E-state index contributed by atoms with van der Waals surface area (Å²) in [4.78, 5) is 12.8. The van der Waals surface area contributed by atoms with Crippen molar-refractivity contribution in [2.24, 2.45) is 0 Å². The predicted molar refractivity (Wildman–Crippen MR) is 95.0 cm³/mol. The highest BCUT2D eigenvalue weighted by atomic mass is 32.1. The number of aromatic nitrogens is 3. The number of ether oxygens (including phenoxy) is 1. The van der Waals surface area contributed by atoms with Crippen LogP contribution in [0.3, 0.4) is 0 Å². The quantitative estimate of drug-likeness (QED) is 0.739. The zero-order valence-corrected chi connectivity index (χ0v) is 14.6. The highest BCUT2D eigenvalue weighted by Crippen LogP contribution is 2.51. The molecule has 0 unspecified atom stereocenters. The van der Waals surface area contributed by atoms with Crippen LogP contribution in [0.25, 0.3) is 5.69 Å². The van der Waals surface area contributed by atoms with Gasteiger partial charge in [-0.1, -0.05) is 23.4 Å². The molecule has 1 fully saturated rings. The number of amides is 1. The summed E-state index contributed by atoms with van der Waals surface area (Å²) in [7, 11) is 1.63. The number of nitrogens with zero attached hydrogens (tertiary/aromatic N) is 3. The van der Waals surface area contributed by atoms with Gasteiger partial charge in [-0.2, -0.15) is 11.3 Å². The van der Waals surface area contributed by atoms with Crippen LogP contribution in [-0.2, 0) is 16.8 Å². The van der Waals surface area contributed by atoms with E-state index in [1.165, 1.54) is 0 Å². The Morgan fingerprint density at radius 3 is 2.92 bits per heavy atom. The molecule has 0 spiro atoms. The molecule has 3 aromatic rings. The van der Waals surface area contributed by atoms with E-state index in [0.717, 1.165) is 35.5 Å². The first-order chi connectivity index (χ1) is 12.2. The van der Waals surface area contributed by atoms with Gasteiger partial charge in [-0.25, -0.2) is 4.68 Å².